The van der Waals surface area contributed by atoms with Gasteiger partial charge in [-0.15, -0.1) is 0 Å². The van der Waals surface area contributed by atoms with Gasteiger partial charge in [-0.2, -0.15) is 0 Å². The number of benzene rings is 2. The largest absolute Gasteiger partial charge is 0.489 e. The number of aryl methyl sites for hydroxylation is 1. The van der Waals surface area contributed by atoms with E-state index < -0.39 is 6.10 Å². The van der Waals surface area contributed by atoms with Gasteiger partial charge in [0.2, 0.25) is 6.79 Å². The van der Waals surface area contributed by atoms with Crippen LogP contribution in [0.25, 0.3) is 0 Å². The lowest BCUT2D eigenvalue weighted by Crippen LogP contribution is -2.31. The minimum atomic E-state index is -0.629. The number of aliphatic hydroxyl groups is 1. The average molecular weight is 429 g/mol. The highest BCUT2D eigenvalue weighted by Crippen LogP contribution is 2.33. The van der Waals surface area contributed by atoms with Gasteiger partial charge >= 0.3 is 0 Å². The number of hydrogen-bond acceptors (Lipinski definition) is 5. The van der Waals surface area contributed by atoms with E-state index in [4.69, 9.17) is 25.8 Å². The van der Waals surface area contributed by atoms with Gasteiger partial charge in [-0.05, 0) is 58.2 Å². The predicted molar refractivity (Wildman–Crippen MR) is 99.7 cm³/mol. The first kappa shape index (κ1) is 18.3. The van der Waals surface area contributed by atoms with Crippen LogP contribution in [0.5, 0.6) is 17.2 Å². The van der Waals surface area contributed by atoms with Crippen molar-refractivity contribution >= 4 is 27.5 Å². The molecule has 0 unspecified atom stereocenters. The number of halogens is 2. The van der Waals surface area contributed by atoms with Crippen LogP contribution in [0.2, 0.25) is 5.02 Å². The molecule has 134 valence electrons. The quantitative estimate of drug-likeness (QED) is 0.705. The van der Waals surface area contributed by atoms with Crippen LogP contribution < -0.4 is 19.5 Å². The van der Waals surface area contributed by atoms with Gasteiger partial charge in [-0.25, -0.2) is 0 Å². The molecule has 0 bridgehead atoms. The van der Waals surface area contributed by atoms with Gasteiger partial charge in [0.1, 0.15) is 18.5 Å². The van der Waals surface area contributed by atoms with Crippen molar-refractivity contribution in [1.29, 1.82) is 0 Å². The van der Waals surface area contributed by atoms with Crippen molar-refractivity contribution in [2.45, 2.75) is 19.6 Å². The molecule has 1 aliphatic heterocycles. The van der Waals surface area contributed by atoms with Crippen LogP contribution in [0.3, 0.4) is 0 Å². The van der Waals surface area contributed by atoms with Crippen molar-refractivity contribution in [3.8, 4) is 17.2 Å². The molecule has 1 heterocycles. The van der Waals surface area contributed by atoms with Crippen molar-refractivity contribution in [2.75, 3.05) is 19.9 Å². The molecule has 0 spiro atoms. The van der Waals surface area contributed by atoms with Gasteiger partial charge in [0.15, 0.2) is 11.5 Å². The van der Waals surface area contributed by atoms with E-state index in [0.29, 0.717) is 23.9 Å². The fourth-order valence-corrected chi connectivity index (χ4v) is 3.62. The van der Waals surface area contributed by atoms with Gasteiger partial charge in [0.05, 0.1) is 4.47 Å². The lowest BCUT2D eigenvalue weighted by molar-refractivity contribution is 0.105. The Morgan fingerprint density at radius 1 is 1.28 bits per heavy atom. The SMILES string of the molecule is Cc1cc(Cl)cc(Br)c1OC[C@H](O)CNCc1ccc2c(c1)OCO2. The maximum Gasteiger partial charge on any atom is 0.231 e. The van der Waals surface area contributed by atoms with Crippen LogP contribution in [0.1, 0.15) is 11.1 Å². The molecule has 2 aromatic rings. The molecule has 0 saturated heterocycles. The summed E-state index contributed by atoms with van der Waals surface area (Å²) in [7, 11) is 0. The molecule has 0 fully saturated rings. The van der Waals surface area contributed by atoms with E-state index in [1.807, 2.05) is 31.2 Å². The van der Waals surface area contributed by atoms with Crippen molar-refractivity contribution in [3.63, 3.8) is 0 Å². The Kier molecular flexibility index (Phi) is 6.06. The maximum absolute atomic E-state index is 10.1. The minimum Gasteiger partial charge on any atom is -0.489 e. The second kappa shape index (κ2) is 8.27. The molecule has 0 amide bonds. The van der Waals surface area contributed by atoms with Crippen molar-refractivity contribution in [1.82, 2.24) is 5.32 Å². The second-order valence-corrected chi connectivity index (χ2v) is 7.11. The smallest absolute Gasteiger partial charge is 0.231 e. The summed E-state index contributed by atoms with van der Waals surface area (Å²) in [4.78, 5) is 0. The zero-order valence-corrected chi connectivity index (χ0v) is 16.1. The summed E-state index contributed by atoms with van der Waals surface area (Å²) < 4.78 is 17.1. The van der Waals surface area contributed by atoms with Gasteiger partial charge in [0.25, 0.3) is 0 Å². The second-order valence-electron chi connectivity index (χ2n) is 5.82. The minimum absolute atomic E-state index is 0.190. The zero-order valence-electron chi connectivity index (χ0n) is 13.7. The summed E-state index contributed by atoms with van der Waals surface area (Å²) in [5.41, 5.74) is 1.98. The first-order valence-electron chi connectivity index (χ1n) is 7.88. The van der Waals surface area contributed by atoms with Gasteiger partial charge < -0.3 is 24.6 Å². The Balaban J connectivity index is 1.45. The molecule has 2 aromatic carbocycles. The Labute approximate surface area is 160 Å². The molecular formula is C18H19BrClNO4. The van der Waals surface area contributed by atoms with E-state index >= 15 is 0 Å². The molecule has 3 rings (SSSR count). The van der Waals surface area contributed by atoms with Crippen LogP contribution in [-0.4, -0.2) is 31.2 Å². The van der Waals surface area contributed by atoms with Gasteiger partial charge in [-0.3, -0.25) is 0 Å². The Morgan fingerprint density at radius 2 is 2.08 bits per heavy atom. The third-order valence-corrected chi connectivity index (χ3v) is 4.57. The van der Waals surface area contributed by atoms with Crippen LogP contribution in [-0.2, 0) is 6.54 Å². The third kappa shape index (κ3) is 4.79. The number of hydrogen-bond donors (Lipinski definition) is 2. The highest BCUT2D eigenvalue weighted by atomic mass is 79.9. The van der Waals surface area contributed by atoms with E-state index in [2.05, 4.69) is 21.2 Å². The predicted octanol–water partition coefficient (Wildman–Crippen LogP) is 3.67. The van der Waals surface area contributed by atoms with E-state index in [9.17, 15) is 5.11 Å². The summed E-state index contributed by atoms with van der Waals surface area (Å²) in [6.07, 6.45) is -0.629. The molecule has 0 aromatic heterocycles. The summed E-state index contributed by atoms with van der Waals surface area (Å²) in [6.45, 7) is 3.41. The summed E-state index contributed by atoms with van der Waals surface area (Å²) >= 11 is 9.41. The molecule has 2 N–H and O–H groups in total. The Hall–Kier alpha value is -1.47. The number of aliphatic hydroxyl groups excluding tert-OH is 1. The lowest BCUT2D eigenvalue weighted by atomic mass is 10.2. The molecule has 0 saturated carbocycles. The van der Waals surface area contributed by atoms with Crippen LogP contribution in [0.15, 0.2) is 34.8 Å². The summed E-state index contributed by atoms with van der Waals surface area (Å²) in [5.74, 6) is 2.21. The first-order valence-corrected chi connectivity index (χ1v) is 9.06. The first-order chi connectivity index (χ1) is 12.0. The zero-order chi connectivity index (χ0) is 17.8. The summed E-state index contributed by atoms with van der Waals surface area (Å²) in [5, 5.41) is 14.0. The van der Waals surface area contributed by atoms with E-state index in [0.717, 1.165) is 27.1 Å². The average Bonchev–Trinajstić information content (AvgIpc) is 3.01. The Morgan fingerprint density at radius 3 is 2.88 bits per heavy atom. The van der Waals surface area contributed by atoms with E-state index in [-0.39, 0.29) is 13.4 Å². The maximum atomic E-state index is 10.1. The van der Waals surface area contributed by atoms with Crippen LogP contribution in [0.4, 0.5) is 0 Å². The topological polar surface area (TPSA) is 60.0 Å². The number of ether oxygens (including phenoxy) is 3. The fraction of sp³-hybridized carbons (Fsp3) is 0.333. The van der Waals surface area contributed by atoms with Crippen molar-refractivity contribution in [2.24, 2.45) is 0 Å². The number of fused-ring (bicyclic) bond motifs is 1. The van der Waals surface area contributed by atoms with Crippen molar-refractivity contribution < 1.29 is 19.3 Å². The molecule has 0 radical (unpaired) electrons. The van der Waals surface area contributed by atoms with E-state index in [1.54, 1.807) is 6.07 Å². The highest BCUT2D eigenvalue weighted by molar-refractivity contribution is 9.10. The molecule has 0 aliphatic carbocycles. The van der Waals surface area contributed by atoms with Crippen LogP contribution >= 0.6 is 27.5 Å². The highest BCUT2D eigenvalue weighted by Gasteiger charge is 2.14. The standard InChI is InChI=1S/C18H19BrClNO4/c1-11-4-13(20)6-15(19)18(11)23-9-14(22)8-21-7-12-2-3-16-17(5-12)25-10-24-16/h2-6,14,21-22H,7-10H2,1H3/t14-/m1/s1. The number of nitrogens with one attached hydrogen (secondary N) is 1. The Bertz CT molecular complexity index is 733. The lowest BCUT2D eigenvalue weighted by Gasteiger charge is -2.16. The van der Waals surface area contributed by atoms with Crippen molar-refractivity contribution in [3.05, 3.63) is 51.0 Å². The monoisotopic (exact) mass is 427 g/mol. The molecule has 1 aliphatic rings. The fourth-order valence-electron chi connectivity index (χ4n) is 2.54. The molecule has 25 heavy (non-hydrogen) atoms. The molecule has 5 nitrogen and oxygen atoms in total. The normalized spacial score (nSPS) is 13.8. The third-order valence-electron chi connectivity index (χ3n) is 3.76. The van der Waals surface area contributed by atoms with Gasteiger partial charge in [-0.1, -0.05) is 17.7 Å². The molecular weight excluding hydrogens is 410 g/mol. The van der Waals surface area contributed by atoms with Crippen LogP contribution in [0, 0.1) is 6.92 Å². The summed E-state index contributed by atoms with van der Waals surface area (Å²) in [6, 6.07) is 9.39. The van der Waals surface area contributed by atoms with E-state index in [1.165, 1.54) is 0 Å². The number of rotatable bonds is 7. The molecule has 1 atom stereocenters. The van der Waals surface area contributed by atoms with Gasteiger partial charge in [0, 0.05) is 18.1 Å². The molecule has 7 heteroatoms.